The van der Waals surface area contributed by atoms with Crippen LogP contribution in [0.4, 0.5) is 13.2 Å². The van der Waals surface area contributed by atoms with Crippen molar-refractivity contribution in [2.75, 3.05) is 0 Å². The number of amidine groups is 1. The molecule has 0 radical (unpaired) electrons. The maximum absolute atomic E-state index is 12.5. The zero-order valence-electron chi connectivity index (χ0n) is 9.73. The Bertz CT molecular complexity index is 314. The second-order valence-corrected chi connectivity index (χ2v) is 3.68. The summed E-state index contributed by atoms with van der Waals surface area (Å²) in [5.41, 5.74) is 4.60. The highest BCUT2D eigenvalue weighted by Gasteiger charge is 2.33. The summed E-state index contributed by atoms with van der Waals surface area (Å²) in [4.78, 5) is 3.63. The van der Waals surface area contributed by atoms with Gasteiger partial charge in [-0.25, -0.2) is 4.99 Å². The molecule has 0 spiro atoms. The van der Waals surface area contributed by atoms with E-state index in [1.807, 2.05) is 6.92 Å². The molecule has 0 aromatic carbocycles. The molecule has 0 aromatic rings. The molecule has 0 aliphatic rings. The number of nitrogens with zero attached hydrogens (tertiary/aromatic N) is 1. The van der Waals surface area contributed by atoms with E-state index in [1.54, 1.807) is 6.92 Å². The molecule has 2 nitrogen and oxygen atoms in total. The van der Waals surface area contributed by atoms with Gasteiger partial charge in [0.1, 0.15) is 5.84 Å². The molecule has 0 aliphatic heterocycles. The monoisotopic (exact) mass is 234 g/mol. The lowest BCUT2D eigenvalue weighted by Gasteiger charge is -2.11. The van der Waals surface area contributed by atoms with Gasteiger partial charge in [0.15, 0.2) is 0 Å². The van der Waals surface area contributed by atoms with E-state index in [0.717, 1.165) is 12.6 Å². The summed E-state index contributed by atoms with van der Waals surface area (Å²) in [6.45, 7) is 8.25. The third kappa shape index (κ3) is 4.51. The third-order valence-corrected chi connectivity index (χ3v) is 2.23. The van der Waals surface area contributed by atoms with Gasteiger partial charge in [0, 0.05) is 12.1 Å². The van der Waals surface area contributed by atoms with Gasteiger partial charge < -0.3 is 5.73 Å². The maximum atomic E-state index is 12.5. The largest absolute Gasteiger partial charge is 0.418 e. The fraction of sp³-hybridized carbons (Fsp3) is 0.545. The average molecular weight is 234 g/mol. The lowest BCUT2D eigenvalue weighted by molar-refractivity contribution is -0.0894. The molecule has 1 unspecified atom stereocenters. The van der Waals surface area contributed by atoms with Crippen LogP contribution in [0.2, 0.25) is 0 Å². The van der Waals surface area contributed by atoms with Gasteiger partial charge in [-0.1, -0.05) is 20.4 Å². The molecule has 0 rings (SSSR count). The standard InChI is InChI=1S/C11H17F3N2/c1-5-8(4)10(15)16-6-9(7(2)3)11(12,13)14/h6,8H,2,5H2,1,3-4H3,(H2,15,16)/b9-6+. The van der Waals surface area contributed by atoms with Crippen LogP contribution in [0.25, 0.3) is 0 Å². The van der Waals surface area contributed by atoms with Gasteiger partial charge in [-0.15, -0.1) is 0 Å². The summed E-state index contributed by atoms with van der Waals surface area (Å²) in [7, 11) is 0. The first-order valence-corrected chi connectivity index (χ1v) is 4.96. The van der Waals surface area contributed by atoms with Gasteiger partial charge in [-0.3, -0.25) is 0 Å². The SMILES string of the molecule is C=C(C)/C(=C\N=C(\N)C(C)CC)C(F)(F)F. The lowest BCUT2D eigenvalue weighted by atomic mass is 10.1. The van der Waals surface area contributed by atoms with Gasteiger partial charge in [-0.2, -0.15) is 13.2 Å². The first-order chi connectivity index (χ1) is 7.20. The van der Waals surface area contributed by atoms with Crippen molar-refractivity contribution in [1.29, 1.82) is 0 Å². The number of hydrogen-bond donors (Lipinski definition) is 1. The van der Waals surface area contributed by atoms with Crippen molar-refractivity contribution < 1.29 is 13.2 Å². The van der Waals surface area contributed by atoms with Crippen molar-refractivity contribution in [1.82, 2.24) is 0 Å². The zero-order chi connectivity index (χ0) is 12.9. The third-order valence-electron chi connectivity index (χ3n) is 2.23. The molecule has 2 N–H and O–H groups in total. The minimum Gasteiger partial charge on any atom is -0.387 e. The van der Waals surface area contributed by atoms with Crippen LogP contribution in [0.3, 0.4) is 0 Å². The van der Waals surface area contributed by atoms with Crippen LogP contribution in [0.15, 0.2) is 28.9 Å². The van der Waals surface area contributed by atoms with E-state index in [0.29, 0.717) is 0 Å². The number of nitrogens with two attached hydrogens (primary N) is 1. The molecule has 92 valence electrons. The van der Waals surface area contributed by atoms with Gasteiger partial charge >= 0.3 is 6.18 Å². The van der Waals surface area contributed by atoms with Crippen LogP contribution in [-0.4, -0.2) is 12.0 Å². The summed E-state index contributed by atoms with van der Waals surface area (Å²) < 4.78 is 37.4. The fourth-order valence-corrected chi connectivity index (χ4v) is 0.901. The molecule has 16 heavy (non-hydrogen) atoms. The van der Waals surface area contributed by atoms with Crippen molar-refractivity contribution in [2.24, 2.45) is 16.6 Å². The van der Waals surface area contributed by atoms with Crippen molar-refractivity contribution in [3.8, 4) is 0 Å². The molecule has 1 atom stereocenters. The molecule has 0 aromatic heterocycles. The minimum absolute atomic E-state index is 0.0316. The summed E-state index contributed by atoms with van der Waals surface area (Å²) in [6, 6.07) is 0. The van der Waals surface area contributed by atoms with Crippen LogP contribution in [0, 0.1) is 5.92 Å². The smallest absolute Gasteiger partial charge is 0.387 e. The summed E-state index contributed by atoms with van der Waals surface area (Å²) >= 11 is 0. The molecular weight excluding hydrogens is 217 g/mol. The van der Waals surface area contributed by atoms with Gasteiger partial charge in [0.05, 0.1) is 5.57 Å². The Kier molecular flexibility index (Phi) is 5.27. The molecule has 0 heterocycles. The Balaban J connectivity index is 5.05. The Morgan fingerprint density at radius 3 is 2.31 bits per heavy atom. The van der Waals surface area contributed by atoms with Crippen LogP contribution < -0.4 is 5.73 Å². The highest BCUT2D eigenvalue weighted by Crippen LogP contribution is 2.30. The first-order valence-electron chi connectivity index (χ1n) is 4.96. The fourth-order valence-electron chi connectivity index (χ4n) is 0.901. The van der Waals surface area contributed by atoms with Gasteiger partial charge in [0.25, 0.3) is 0 Å². The normalized spacial score (nSPS) is 16.1. The van der Waals surface area contributed by atoms with E-state index in [1.165, 1.54) is 6.92 Å². The number of aliphatic imine (C=N–C) groups is 1. The topological polar surface area (TPSA) is 38.4 Å². The van der Waals surface area contributed by atoms with Gasteiger partial charge in [0.2, 0.25) is 0 Å². The lowest BCUT2D eigenvalue weighted by Crippen LogP contribution is -2.20. The highest BCUT2D eigenvalue weighted by molar-refractivity contribution is 5.83. The quantitative estimate of drug-likeness (QED) is 0.452. The number of halogens is 3. The predicted octanol–water partition coefficient (Wildman–Crippen LogP) is 3.41. The Morgan fingerprint density at radius 2 is 2.00 bits per heavy atom. The zero-order valence-corrected chi connectivity index (χ0v) is 9.73. The molecule has 0 amide bonds. The molecule has 0 bridgehead atoms. The minimum atomic E-state index is -4.44. The number of hydrogen-bond acceptors (Lipinski definition) is 1. The number of alkyl halides is 3. The summed E-state index contributed by atoms with van der Waals surface area (Å²) in [6.07, 6.45) is -2.97. The van der Waals surface area contributed by atoms with E-state index < -0.39 is 11.7 Å². The predicted molar refractivity (Wildman–Crippen MR) is 60.0 cm³/mol. The van der Waals surface area contributed by atoms with Gasteiger partial charge in [-0.05, 0) is 18.9 Å². The van der Waals surface area contributed by atoms with Crippen molar-refractivity contribution in [3.05, 3.63) is 23.9 Å². The Hall–Kier alpha value is -1.26. The van der Waals surface area contributed by atoms with Crippen molar-refractivity contribution in [3.63, 3.8) is 0 Å². The highest BCUT2D eigenvalue weighted by atomic mass is 19.4. The van der Waals surface area contributed by atoms with E-state index in [2.05, 4.69) is 11.6 Å². The van der Waals surface area contributed by atoms with Crippen molar-refractivity contribution >= 4 is 5.84 Å². The second kappa shape index (κ2) is 5.72. The van der Waals surface area contributed by atoms with Crippen LogP contribution in [-0.2, 0) is 0 Å². The first kappa shape index (κ1) is 14.7. The molecule has 5 heteroatoms. The molecular formula is C11H17F3N2. The van der Waals surface area contributed by atoms with Crippen LogP contribution in [0.5, 0.6) is 0 Å². The molecule has 0 fully saturated rings. The number of allylic oxidation sites excluding steroid dienone is 2. The van der Waals surface area contributed by atoms with Crippen LogP contribution in [0.1, 0.15) is 27.2 Å². The molecule has 0 aliphatic carbocycles. The summed E-state index contributed by atoms with van der Waals surface area (Å²) in [5, 5.41) is 0. The van der Waals surface area contributed by atoms with E-state index >= 15 is 0 Å². The average Bonchev–Trinajstić information content (AvgIpc) is 2.13. The van der Waals surface area contributed by atoms with Crippen LogP contribution >= 0.6 is 0 Å². The van der Waals surface area contributed by atoms with E-state index in [4.69, 9.17) is 5.73 Å². The van der Waals surface area contributed by atoms with E-state index in [9.17, 15) is 13.2 Å². The maximum Gasteiger partial charge on any atom is 0.418 e. The molecule has 0 saturated heterocycles. The molecule has 0 saturated carbocycles. The van der Waals surface area contributed by atoms with Crippen molar-refractivity contribution in [2.45, 2.75) is 33.4 Å². The Labute approximate surface area is 93.7 Å². The Morgan fingerprint density at radius 1 is 1.50 bits per heavy atom. The number of rotatable bonds is 4. The summed E-state index contributed by atoms with van der Waals surface area (Å²) in [5.74, 6) is 0.168. The van der Waals surface area contributed by atoms with E-state index in [-0.39, 0.29) is 17.3 Å². The second-order valence-electron chi connectivity index (χ2n) is 3.68.